The van der Waals surface area contributed by atoms with Crippen LogP contribution in [0, 0.1) is 19.3 Å². The van der Waals surface area contributed by atoms with Gasteiger partial charge in [0.25, 0.3) is 5.91 Å². The second-order valence-corrected chi connectivity index (χ2v) is 8.28. The molecular formula is C25H32N4O3. The van der Waals surface area contributed by atoms with E-state index in [0.29, 0.717) is 29.8 Å². The average molecular weight is 437 g/mol. The van der Waals surface area contributed by atoms with Crippen LogP contribution in [0.3, 0.4) is 0 Å². The fourth-order valence-electron chi connectivity index (χ4n) is 3.91. The monoisotopic (exact) mass is 436 g/mol. The normalized spacial score (nSPS) is 14.7. The zero-order valence-electron chi connectivity index (χ0n) is 19.0. The molecule has 2 aromatic carbocycles. The number of hydrogen-bond donors (Lipinski definition) is 3. The fourth-order valence-corrected chi connectivity index (χ4v) is 3.91. The summed E-state index contributed by atoms with van der Waals surface area (Å²) in [4.78, 5) is 27.3. The Kier molecular flexibility index (Phi) is 7.51. The highest BCUT2D eigenvalue weighted by molar-refractivity contribution is 5.98. The van der Waals surface area contributed by atoms with Crippen LogP contribution in [0.25, 0.3) is 0 Å². The summed E-state index contributed by atoms with van der Waals surface area (Å²) in [5.41, 5.74) is 9.57. The summed E-state index contributed by atoms with van der Waals surface area (Å²) in [6.07, 6.45) is 3.18. The Balaban J connectivity index is 1.77. The van der Waals surface area contributed by atoms with E-state index in [0.717, 1.165) is 42.6 Å². The van der Waals surface area contributed by atoms with Crippen LogP contribution in [0.15, 0.2) is 36.4 Å². The number of hydrogen-bond acceptors (Lipinski definition) is 4. The largest absolute Gasteiger partial charge is 0.481 e. The number of nitrogens with one attached hydrogen (secondary N) is 2. The molecule has 0 bridgehead atoms. The maximum absolute atomic E-state index is 13.1. The Morgan fingerprint density at radius 2 is 2.00 bits per heavy atom. The van der Waals surface area contributed by atoms with Crippen molar-refractivity contribution in [3.63, 3.8) is 0 Å². The number of amidine groups is 1. The van der Waals surface area contributed by atoms with Crippen LogP contribution in [-0.2, 0) is 9.59 Å². The number of amides is 2. The molecule has 0 radical (unpaired) electrons. The number of piperidine rings is 1. The Morgan fingerprint density at radius 3 is 2.69 bits per heavy atom. The molecule has 170 valence electrons. The minimum atomic E-state index is -0.676. The number of nitrogen functional groups attached to an aromatic ring is 1. The van der Waals surface area contributed by atoms with Crippen molar-refractivity contribution in [2.24, 2.45) is 5.73 Å². The number of anilines is 2. The van der Waals surface area contributed by atoms with Gasteiger partial charge >= 0.3 is 0 Å². The van der Waals surface area contributed by atoms with Gasteiger partial charge in [0.1, 0.15) is 11.6 Å². The first-order valence-electron chi connectivity index (χ1n) is 11.1. The minimum Gasteiger partial charge on any atom is -0.481 e. The number of aryl methyl sites for hydroxylation is 2. The van der Waals surface area contributed by atoms with E-state index >= 15 is 0 Å². The second-order valence-electron chi connectivity index (χ2n) is 8.28. The fraction of sp³-hybridized carbons (Fsp3) is 0.400. The smallest absolute Gasteiger partial charge is 0.265 e. The molecule has 1 aliphatic heterocycles. The van der Waals surface area contributed by atoms with E-state index in [2.05, 4.69) is 5.32 Å². The summed E-state index contributed by atoms with van der Waals surface area (Å²) < 4.78 is 5.97. The van der Waals surface area contributed by atoms with Gasteiger partial charge in [-0.25, -0.2) is 0 Å². The Morgan fingerprint density at radius 1 is 1.22 bits per heavy atom. The van der Waals surface area contributed by atoms with Gasteiger partial charge < -0.3 is 20.7 Å². The molecule has 1 saturated heterocycles. The van der Waals surface area contributed by atoms with Crippen molar-refractivity contribution in [2.75, 3.05) is 16.8 Å². The van der Waals surface area contributed by atoms with Crippen molar-refractivity contribution < 1.29 is 14.3 Å². The van der Waals surface area contributed by atoms with Crippen LogP contribution in [-0.4, -0.2) is 30.3 Å². The van der Waals surface area contributed by atoms with E-state index in [1.165, 1.54) is 0 Å². The third-order valence-electron chi connectivity index (χ3n) is 5.68. The van der Waals surface area contributed by atoms with E-state index in [4.69, 9.17) is 15.9 Å². The lowest BCUT2D eigenvalue weighted by molar-refractivity contribution is -0.123. The van der Waals surface area contributed by atoms with E-state index < -0.39 is 6.10 Å². The zero-order valence-corrected chi connectivity index (χ0v) is 19.0. The maximum Gasteiger partial charge on any atom is 0.265 e. The number of rotatable bonds is 8. The van der Waals surface area contributed by atoms with Crippen molar-refractivity contribution >= 4 is 29.0 Å². The van der Waals surface area contributed by atoms with Crippen LogP contribution in [0.4, 0.5) is 11.4 Å². The molecule has 0 spiro atoms. The molecule has 7 nitrogen and oxygen atoms in total. The molecule has 1 unspecified atom stereocenters. The third kappa shape index (κ3) is 5.46. The lowest BCUT2D eigenvalue weighted by atomic mass is 10.0. The highest BCUT2D eigenvalue weighted by Crippen LogP contribution is 2.30. The number of benzene rings is 2. The molecule has 3 rings (SSSR count). The standard InChI is InChI=1S/C25H32N4O3/c1-4-8-22(32-19-10-7-9-18(15-19)24(26)27)25(31)28-20-13-17(3)21(14-16(20)2)29-12-6-5-11-23(29)30/h7,9-10,13-15,22H,4-6,8,11-12H2,1-3H3,(H3,26,27)(H,28,31). The number of nitrogens with zero attached hydrogens (tertiary/aromatic N) is 1. The Bertz CT molecular complexity index is 1020. The van der Waals surface area contributed by atoms with E-state index in [9.17, 15) is 9.59 Å². The number of ether oxygens (including phenoxy) is 1. The third-order valence-corrected chi connectivity index (χ3v) is 5.68. The first kappa shape index (κ1) is 23.3. The van der Waals surface area contributed by atoms with Crippen molar-refractivity contribution in [3.8, 4) is 5.75 Å². The van der Waals surface area contributed by atoms with Gasteiger partial charge in [-0.15, -0.1) is 0 Å². The number of nitrogens with two attached hydrogens (primary N) is 1. The maximum atomic E-state index is 13.1. The van der Waals surface area contributed by atoms with E-state index in [-0.39, 0.29) is 17.6 Å². The van der Waals surface area contributed by atoms with Gasteiger partial charge in [0.15, 0.2) is 6.10 Å². The van der Waals surface area contributed by atoms with Crippen LogP contribution < -0.4 is 20.7 Å². The Labute approximate surface area is 189 Å². The Hall–Kier alpha value is -3.35. The average Bonchev–Trinajstić information content (AvgIpc) is 2.76. The molecular weight excluding hydrogens is 404 g/mol. The van der Waals surface area contributed by atoms with Gasteiger partial charge in [0, 0.05) is 29.9 Å². The summed E-state index contributed by atoms with van der Waals surface area (Å²) in [6, 6.07) is 10.8. The van der Waals surface area contributed by atoms with Crippen LogP contribution in [0.1, 0.15) is 55.7 Å². The molecule has 2 aromatic rings. The predicted octanol–water partition coefficient (Wildman–Crippen LogP) is 4.29. The SMILES string of the molecule is CCCC(Oc1cccc(C(=N)N)c1)C(=O)Nc1cc(C)c(N2CCCCC2=O)cc1C. The molecule has 1 aliphatic rings. The second kappa shape index (κ2) is 10.3. The molecule has 0 aromatic heterocycles. The highest BCUT2D eigenvalue weighted by atomic mass is 16.5. The van der Waals surface area contributed by atoms with E-state index in [1.807, 2.05) is 37.8 Å². The predicted molar refractivity (Wildman–Crippen MR) is 128 cm³/mol. The van der Waals surface area contributed by atoms with Gasteiger partial charge in [-0.05, 0) is 68.5 Å². The molecule has 4 N–H and O–H groups in total. The lowest BCUT2D eigenvalue weighted by Crippen LogP contribution is -2.36. The molecule has 1 heterocycles. The summed E-state index contributed by atoms with van der Waals surface area (Å²) >= 11 is 0. The van der Waals surface area contributed by atoms with Crippen molar-refractivity contribution in [2.45, 2.75) is 59.0 Å². The summed E-state index contributed by atoms with van der Waals surface area (Å²) in [7, 11) is 0. The van der Waals surface area contributed by atoms with Gasteiger partial charge in [-0.2, -0.15) is 0 Å². The van der Waals surface area contributed by atoms with Crippen LogP contribution >= 0.6 is 0 Å². The first-order chi connectivity index (χ1) is 15.3. The molecule has 7 heteroatoms. The summed E-state index contributed by atoms with van der Waals surface area (Å²) in [6.45, 7) is 6.62. The minimum absolute atomic E-state index is 0.0506. The molecule has 32 heavy (non-hydrogen) atoms. The van der Waals surface area contributed by atoms with Gasteiger partial charge in [-0.3, -0.25) is 15.0 Å². The highest BCUT2D eigenvalue weighted by Gasteiger charge is 2.24. The molecule has 2 amide bonds. The molecule has 1 fully saturated rings. The molecule has 1 atom stereocenters. The topological polar surface area (TPSA) is 109 Å². The van der Waals surface area contributed by atoms with Gasteiger partial charge in [-0.1, -0.05) is 25.5 Å². The number of carbonyl (C=O) groups is 2. The van der Waals surface area contributed by atoms with E-state index in [1.54, 1.807) is 24.3 Å². The summed E-state index contributed by atoms with van der Waals surface area (Å²) in [5.74, 6) is 0.368. The van der Waals surface area contributed by atoms with Crippen LogP contribution in [0.2, 0.25) is 0 Å². The molecule has 0 aliphatic carbocycles. The molecule has 0 saturated carbocycles. The van der Waals surface area contributed by atoms with Gasteiger partial charge in [0.2, 0.25) is 5.91 Å². The van der Waals surface area contributed by atoms with Crippen LogP contribution in [0.5, 0.6) is 5.75 Å². The summed E-state index contributed by atoms with van der Waals surface area (Å²) in [5, 5.41) is 10.6. The van der Waals surface area contributed by atoms with Crippen molar-refractivity contribution in [1.29, 1.82) is 5.41 Å². The van der Waals surface area contributed by atoms with Crippen molar-refractivity contribution in [3.05, 3.63) is 53.1 Å². The quantitative estimate of drug-likeness (QED) is 0.424. The lowest BCUT2D eigenvalue weighted by Gasteiger charge is -2.29. The number of carbonyl (C=O) groups excluding carboxylic acids is 2. The first-order valence-corrected chi connectivity index (χ1v) is 11.1. The zero-order chi connectivity index (χ0) is 23.3. The van der Waals surface area contributed by atoms with Gasteiger partial charge in [0.05, 0.1) is 0 Å². The van der Waals surface area contributed by atoms with Crippen molar-refractivity contribution in [1.82, 2.24) is 0 Å².